The van der Waals surface area contributed by atoms with E-state index in [9.17, 15) is 4.79 Å². The van der Waals surface area contributed by atoms with Gasteiger partial charge < -0.3 is 14.5 Å². The highest BCUT2D eigenvalue weighted by Crippen LogP contribution is 2.23. The number of aromatic nitrogens is 3. The van der Waals surface area contributed by atoms with Crippen LogP contribution in [0.1, 0.15) is 10.4 Å². The fourth-order valence-corrected chi connectivity index (χ4v) is 2.03. The molecule has 0 unspecified atom stereocenters. The standard InChI is InChI=1S/C16H14N4O3/c1-20(2)13-7-6-12(9-17-13)14-18-15(23-19-14)10-4-3-5-11(8-10)16(21)22/h3-9H,1-2H3,(H,21,22). The molecule has 7 nitrogen and oxygen atoms in total. The number of carbonyl (C=O) groups is 1. The summed E-state index contributed by atoms with van der Waals surface area (Å²) in [4.78, 5) is 21.5. The zero-order valence-corrected chi connectivity index (χ0v) is 12.6. The average molecular weight is 310 g/mol. The fourth-order valence-electron chi connectivity index (χ4n) is 2.03. The van der Waals surface area contributed by atoms with E-state index in [4.69, 9.17) is 9.63 Å². The predicted molar refractivity (Wildman–Crippen MR) is 84.3 cm³/mol. The van der Waals surface area contributed by atoms with Crippen molar-refractivity contribution in [2.24, 2.45) is 0 Å². The minimum atomic E-state index is -1.00. The molecule has 2 heterocycles. The van der Waals surface area contributed by atoms with Gasteiger partial charge in [-0.15, -0.1) is 0 Å². The van der Waals surface area contributed by atoms with Gasteiger partial charge in [0, 0.05) is 31.4 Å². The molecule has 0 aliphatic carbocycles. The van der Waals surface area contributed by atoms with Gasteiger partial charge in [-0.25, -0.2) is 9.78 Å². The molecule has 3 rings (SSSR count). The van der Waals surface area contributed by atoms with Crippen LogP contribution in [0.15, 0.2) is 47.1 Å². The van der Waals surface area contributed by atoms with Crippen molar-refractivity contribution in [2.75, 3.05) is 19.0 Å². The number of nitrogens with zero attached hydrogens (tertiary/aromatic N) is 4. The van der Waals surface area contributed by atoms with Crippen LogP contribution in [0, 0.1) is 0 Å². The van der Waals surface area contributed by atoms with E-state index in [1.54, 1.807) is 18.3 Å². The summed E-state index contributed by atoms with van der Waals surface area (Å²) < 4.78 is 5.23. The third kappa shape index (κ3) is 3.03. The summed E-state index contributed by atoms with van der Waals surface area (Å²) in [5.41, 5.74) is 1.45. The SMILES string of the molecule is CN(C)c1ccc(-c2noc(-c3cccc(C(=O)O)c3)n2)cn1. The normalized spacial score (nSPS) is 10.5. The first-order chi connectivity index (χ1) is 11.0. The van der Waals surface area contributed by atoms with Gasteiger partial charge in [0.15, 0.2) is 0 Å². The Morgan fingerprint density at radius 3 is 2.65 bits per heavy atom. The molecule has 0 radical (unpaired) electrons. The number of carboxylic acid groups (broad SMARTS) is 1. The molecule has 7 heteroatoms. The summed E-state index contributed by atoms with van der Waals surface area (Å²) in [5.74, 6) is 0.486. The van der Waals surface area contributed by atoms with Crippen molar-refractivity contribution >= 4 is 11.8 Å². The first-order valence-electron chi connectivity index (χ1n) is 6.86. The van der Waals surface area contributed by atoms with Crippen LogP contribution in [-0.2, 0) is 0 Å². The second-order valence-corrected chi connectivity index (χ2v) is 5.11. The molecule has 1 aromatic carbocycles. The molecule has 23 heavy (non-hydrogen) atoms. The summed E-state index contributed by atoms with van der Waals surface area (Å²) in [6.45, 7) is 0. The lowest BCUT2D eigenvalue weighted by Crippen LogP contribution is -2.10. The van der Waals surface area contributed by atoms with Gasteiger partial charge in [-0.3, -0.25) is 0 Å². The van der Waals surface area contributed by atoms with Crippen LogP contribution in [0.2, 0.25) is 0 Å². The van der Waals surface area contributed by atoms with E-state index in [2.05, 4.69) is 15.1 Å². The molecule has 1 N–H and O–H groups in total. The molecular formula is C16H14N4O3. The van der Waals surface area contributed by atoms with E-state index in [1.807, 2.05) is 31.1 Å². The highest BCUT2D eigenvalue weighted by molar-refractivity contribution is 5.89. The molecule has 0 aliphatic heterocycles. The van der Waals surface area contributed by atoms with E-state index >= 15 is 0 Å². The monoisotopic (exact) mass is 310 g/mol. The molecular weight excluding hydrogens is 296 g/mol. The Hall–Kier alpha value is -3.22. The van der Waals surface area contributed by atoms with Crippen molar-refractivity contribution in [1.82, 2.24) is 15.1 Å². The van der Waals surface area contributed by atoms with Crippen LogP contribution in [-0.4, -0.2) is 40.3 Å². The van der Waals surface area contributed by atoms with Crippen molar-refractivity contribution in [2.45, 2.75) is 0 Å². The van der Waals surface area contributed by atoms with Gasteiger partial charge in [-0.1, -0.05) is 11.2 Å². The van der Waals surface area contributed by atoms with Gasteiger partial charge in [0.2, 0.25) is 5.82 Å². The second-order valence-electron chi connectivity index (χ2n) is 5.11. The van der Waals surface area contributed by atoms with E-state index in [0.717, 1.165) is 11.4 Å². The van der Waals surface area contributed by atoms with Crippen molar-refractivity contribution in [3.63, 3.8) is 0 Å². The van der Waals surface area contributed by atoms with Gasteiger partial charge in [0.25, 0.3) is 5.89 Å². The summed E-state index contributed by atoms with van der Waals surface area (Å²) in [5, 5.41) is 13.0. The van der Waals surface area contributed by atoms with Crippen molar-refractivity contribution in [1.29, 1.82) is 0 Å². The van der Waals surface area contributed by atoms with Crippen LogP contribution >= 0.6 is 0 Å². The number of carboxylic acids is 1. The van der Waals surface area contributed by atoms with Gasteiger partial charge in [0.05, 0.1) is 5.56 Å². The molecule has 0 aliphatic rings. The Morgan fingerprint density at radius 2 is 2.00 bits per heavy atom. The molecule has 0 bridgehead atoms. The second kappa shape index (κ2) is 5.88. The highest BCUT2D eigenvalue weighted by atomic mass is 16.5. The summed E-state index contributed by atoms with van der Waals surface area (Å²) in [6, 6.07) is 10.1. The van der Waals surface area contributed by atoms with Gasteiger partial charge in [-0.05, 0) is 30.3 Å². The molecule has 3 aromatic rings. The Labute approximate surface area is 132 Å². The first-order valence-corrected chi connectivity index (χ1v) is 6.86. The number of anilines is 1. The lowest BCUT2D eigenvalue weighted by atomic mass is 10.1. The van der Waals surface area contributed by atoms with E-state index < -0.39 is 5.97 Å². The zero-order valence-electron chi connectivity index (χ0n) is 12.6. The molecule has 0 spiro atoms. The van der Waals surface area contributed by atoms with Gasteiger partial charge >= 0.3 is 5.97 Å². The summed E-state index contributed by atoms with van der Waals surface area (Å²) in [7, 11) is 3.81. The lowest BCUT2D eigenvalue weighted by Gasteiger charge is -2.10. The van der Waals surface area contributed by atoms with E-state index in [1.165, 1.54) is 12.1 Å². The van der Waals surface area contributed by atoms with Crippen LogP contribution in [0.5, 0.6) is 0 Å². The smallest absolute Gasteiger partial charge is 0.335 e. The number of hydrogen-bond acceptors (Lipinski definition) is 6. The van der Waals surface area contributed by atoms with Gasteiger partial charge in [0.1, 0.15) is 5.82 Å². The van der Waals surface area contributed by atoms with E-state index in [0.29, 0.717) is 11.4 Å². The number of pyridine rings is 1. The first kappa shape index (κ1) is 14.7. The van der Waals surface area contributed by atoms with Gasteiger partial charge in [-0.2, -0.15) is 4.98 Å². The van der Waals surface area contributed by atoms with Crippen LogP contribution in [0.3, 0.4) is 0 Å². The minimum Gasteiger partial charge on any atom is -0.478 e. The zero-order chi connectivity index (χ0) is 16.4. The average Bonchev–Trinajstić information content (AvgIpc) is 3.05. The van der Waals surface area contributed by atoms with Crippen molar-refractivity contribution in [3.8, 4) is 22.8 Å². The van der Waals surface area contributed by atoms with Crippen LogP contribution in [0.25, 0.3) is 22.8 Å². The number of aromatic carboxylic acids is 1. The maximum absolute atomic E-state index is 11.0. The quantitative estimate of drug-likeness (QED) is 0.791. The van der Waals surface area contributed by atoms with Crippen molar-refractivity contribution < 1.29 is 14.4 Å². The molecule has 0 atom stereocenters. The van der Waals surface area contributed by atoms with E-state index in [-0.39, 0.29) is 11.5 Å². The van der Waals surface area contributed by atoms with Crippen LogP contribution < -0.4 is 4.90 Å². The third-order valence-electron chi connectivity index (χ3n) is 3.25. The molecule has 0 saturated carbocycles. The molecule has 116 valence electrons. The van der Waals surface area contributed by atoms with Crippen LogP contribution in [0.4, 0.5) is 5.82 Å². The topological polar surface area (TPSA) is 92.4 Å². The maximum atomic E-state index is 11.0. The third-order valence-corrected chi connectivity index (χ3v) is 3.25. The molecule has 0 amide bonds. The largest absolute Gasteiger partial charge is 0.478 e. The van der Waals surface area contributed by atoms with Crippen molar-refractivity contribution in [3.05, 3.63) is 48.2 Å². The number of benzene rings is 1. The summed E-state index contributed by atoms with van der Waals surface area (Å²) >= 11 is 0. The minimum absolute atomic E-state index is 0.166. The molecule has 0 fully saturated rings. The maximum Gasteiger partial charge on any atom is 0.335 e. The number of hydrogen-bond donors (Lipinski definition) is 1. The Morgan fingerprint density at radius 1 is 1.17 bits per heavy atom. The summed E-state index contributed by atoms with van der Waals surface area (Å²) in [6.07, 6.45) is 1.66. The molecule has 0 saturated heterocycles. The number of rotatable bonds is 4. The molecule has 2 aromatic heterocycles. The highest BCUT2D eigenvalue weighted by Gasteiger charge is 2.13. The lowest BCUT2D eigenvalue weighted by molar-refractivity contribution is 0.0697. The predicted octanol–water partition coefficient (Wildman–Crippen LogP) is 2.56. The Kier molecular flexibility index (Phi) is 3.76. The Bertz CT molecular complexity index is 841. The fraction of sp³-hybridized carbons (Fsp3) is 0.125. The Balaban J connectivity index is 1.91.